The van der Waals surface area contributed by atoms with Gasteiger partial charge in [-0.15, -0.1) is 0 Å². The molecule has 0 unspecified atom stereocenters. The largest absolute Gasteiger partial charge is 0.444 e. The number of aromatic nitrogens is 3. The minimum atomic E-state index is -0.480. The van der Waals surface area contributed by atoms with Crippen LogP contribution in [0.3, 0.4) is 0 Å². The summed E-state index contributed by atoms with van der Waals surface area (Å²) in [6, 6.07) is 3.97. The maximum Gasteiger partial charge on any atom is 0.410 e. The van der Waals surface area contributed by atoms with Crippen LogP contribution in [0.1, 0.15) is 33.6 Å². The Kier molecular flexibility index (Phi) is 4.34. The molecule has 130 valence electrons. The summed E-state index contributed by atoms with van der Waals surface area (Å²) in [6.07, 6.45) is 5.27. The van der Waals surface area contributed by atoms with Crippen molar-refractivity contribution >= 4 is 17.6 Å². The summed E-state index contributed by atoms with van der Waals surface area (Å²) in [7, 11) is 1.82. The van der Waals surface area contributed by atoms with Gasteiger partial charge in [-0.3, -0.25) is 0 Å². The molecule has 1 amide bonds. The van der Waals surface area contributed by atoms with Crippen molar-refractivity contribution in [3.05, 3.63) is 24.5 Å². The molecular formula is C17H25N5O2. The number of fused-ring (bicyclic) bond motifs is 1. The topological polar surface area (TPSA) is 63.0 Å². The molecule has 1 aliphatic rings. The first-order chi connectivity index (χ1) is 11.3. The predicted molar refractivity (Wildman–Crippen MR) is 92.2 cm³/mol. The Balaban J connectivity index is 1.75. The molecule has 1 saturated heterocycles. The quantitative estimate of drug-likeness (QED) is 0.846. The van der Waals surface area contributed by atoms with Gasteiger partial charge in [-0.25, -0.2) is 9.78 Å². The molecule has 3 heterocycles. The first-order valence-corrected chi connectivity index (χ1v) is 8.35. The van der Waals surface area contributed by atoms with Gasteiger partial charge >= 0.3 is 6.09 Å². The maximum absolute atomic E-state index is 12.3. The van der Waals surface area contributed by atoms with E-state index in [1.54, 1.807) is 17.3 Å². The molecule has 0 bridgehead atoms. The first kappa shape index (κ1) is 16.5. The van der Waals surface area contributed by atoms with Gasteiger partial charge in [0, 0.05) is 32.4 Å². The molecule has 7 heteroatoms. The molecule has 0 aromatic carbocycles. The lowest BCUT2D eigenvalue weighted by Crippen LogP contribution is -2.50. The van der Waals surface area contributed by atoms with Crippen LogP contribution >= 0.6 is 0 Å². The summed E-state index contributed by atoms with van der Waals surface area (Å²) < 4.78 is 7.34. The predicted octanol–water partition coefficient (Wildman–Crippen LogP) is 2.57. The van der Waals surface area contributed by atoms with Crippen molar-refractivity contribution in [2.75, 3.05) is 25.0 Å². The van der Waals surface area contributed by atoms with Gasteiger partial charge in [-0.2, -0.15) is 9.61 Å². The number of amides is 1. The van der Waals surface area contributed by atoms with Crippen molar-refractivity contribution in [2.24, 2.45) is 0 Å². The first-order valence-electron chi connectivity index (χ1n) is 8.35. The molecule has 1 fully saturated rings. The van der Waals surface area contributed by atoms with Gasteiger partial charge in [0.05, 0.1) is 12.2 Å². The smallest absolute Gasteiger partial charge is 0.410 e. The summed E-state index contributed by atoms with van der Waals surface area (Å²) in [4.78, 5) is 20.6. The molecule has 1 aliphatic heterocycles. The standard InChI is InChI=1S/C17H25N5O2/c1-17(2,3)24-16(23)20(4)13-6-5-11-21(12-13)15-8-9-18-14-7-10-19-22(14)15/h7-10,13H,5-6,11-12H2,1-4H3/t13-/m1/s1. The van der Waals surface area contributed by atoms with E-state index in [-0.39, 0.29) is 12.1 Å². The summed E-state index contributed by atoms with van der Waals surface area (Å²) in [5.41, 5.74) is 0.349. The molecule has 2 aromatic heterocycles. The van der Waals surface area contributed by atoms with Crippen LogP contribution in [0.4, 0.5) is 10.6 Å². The fourth-order valence-electron chi connectivity index (χ4n) is 3.02. The third kappa shape index (κ3) is 3.44. The number of anilines is 1. The van der Waals surface area contributed by atoms with Crippen LogP contribution in [0.25, 0.3) is 5.65 Å². The molecule has 7 nitrogen and oxygen atoms in total. The Morgan fingerprint density at radius 2 is 2.12 bits per heavy atom. The molecule has 0 aliphatic carbocycles. The van der Waals surface area contributed by atoms with E-state index in [9.17, 15) is 4.79 Å². The molecule has 1 atom stereocenters. The van der Waals surface area contributed by atoms with Crippen LogP contribution in [-0.4, -0.2) is 57.4 Å². The zero-order chi connectivity index (χ0) is 17.3. The molecule has 0 radical (unpaired) electrons. The van der Waals surface area contributed by atoms with Gasteiger partial charge in [0.2, 0.25) is 0 Å². The monoisotopic (exact) mass is 331 g/mol. The lowest BCUT2D eigenvalue weighted by Gasteiger charge is -2.38. The van der Waals surface area contributed by atoms with Crippen LogP contribution in [0.5, 0.6) is 0 Å². The average Bonchev–Trinajstić information content (AvgIpc) is 3.01. The number of rotatable bonds is 2. The number of nitrogens with zero attached hydrogens (tertiary/aromatic N) is 5. The van der Waals surface area contributed by atoms with Crippen LogP contribution in [0, 0.1) is 0 Å². The zero-order valence-electron chi connectivity index (χ0n) is 14.8. The fourth-order valence-corrected chi connectivity index (χ4v) is 3.02. The summed E-state index contributed by atoms with van der Waals surface area (Å²) >= 11 is 0. The maximum atomic E-state index is 12.3. The van der Waals surface area contributed by atoms with E-state index in [0.29, 0.717) is 0 Å². The van der Waals surface area contributed by atoms with E-state index in [0.717, 1.165) is 37.4 Å². The molecular weight excluding hydrogens is 306 g/mol. The Bertz CT molecular complexity index is 721. The number of carbonyl (C=O) groups is 1. The highest BCUT2D eigenvalue weighted by Gasteiger charge is 2.30. The van der Waals surface area contributed by atoms with Gasteiger partial charge < -0.3 is 14.5 Å². The summed E-state index contributed by atoms with van der Waals surface area (Å²) in [5.74, 6) is 1.01. The van der Waals surface area contributed by atoms with E-state index in [4.69, 9.17) is 4.74 Å². The van der Waals surface area contributed by atoms with Crippen molar-refractivity contribution in [1.82, 2.24) is 19.5 Å². The normalized spacial score (nSPS) is 18.7. The molecule has 24 heavy (non-hydrogen) atoms. The van der Waals surface area contributed by atoms with E-state index in [1.807, 2.05) is 44.5 Å². The second-order valence-corrected chi connectivity index (χ2v) is 7.24. The molecule has 0 N–H and O–H groups in total. The van der Waals surface area contributed by atoms with Gasteiger partial charge in [0.1, 0.15) is 11.4 Å². The highest BCUT2D eigenvalue weighted by Crippen LogP contribution is 2.23. The highest BCUT2D eigenvalue weighted by molar-refractivity contribution is 5.68. The van der Waals surface area contributed by atoms with Gasteiger partial charge in [0.25, 0.3) is 0 Å². The number of hydrogen-bond donors (Lipinski definition) is 0. The Labute approximate surface area is 142 Å². The number of ether oxygens (including phenoxy) is 1. The van der Waals surface area contributed by atoms with E-state index < -0.39 is 5.60 Å². The lowest BCUT2D eigenvalue weighted by molar-refractivity contribution is 0.0209. The summed E-state index contributed by atoms with van der Waals surface area (Å²) in [6.45, 7) is 7.36. The molecule has 2 aromatic rings. The van der Waals surface area contributed by atoms with Crippen molar-refractivity contribution in [1.29, 1.82) is 0 Å². The van der Waals surface area contributed by atoms with Crippen molar-refractivity contribution in [3.8, 4) is 0 Å². The van der Waals surface area contributed by atoms with Crippen molar-refractivity contribution < 1.29 is 9.53 Å². The molecule has 0 saturated carbocycles. The molecule has 3 rings (SSSR count). The fraction of sp³-hybridized carbons (Fsp3) is 0.588. The number of carbonyl (C=O) groups excluding carboxylic acids is 1. The Morgan fingerprint density at radius 1 is 1.33 bits per heavy atom. The van der Waals surface area contributed by atoms with Crippen LogP contribution < -0.4 is 4.90 Å². The van der Waals surface area contributed by atoms with Gasteiger partial charge in [-0.05, 0) is 39.7 Å². The second-order valence-electron chi connectivity index (χ2n) is 7.24. The average molecular weight is 331 g/mol. The van der Waals surface area contributed by atoms with Crippen LogP contribution in [-0.2, 0) is 4.74 Å². The molecule has 0 spiro atoms. The van der Waals surface area contributed by atoms with Crippen LogP contribution in [0.2, 0.25) is 0 Å². The van der Waals surface area contributed by atoms with Crippen LogP contribution in [0.15, 0.2) is 24.5 Å². The number of hydrogen-bond acceptors (Lipinski definition) is 5. The zero-order valence-corrected chi connectivity index (χ0v) is 14.8. The lowest BCUT2D eigenvalue weighted by atomic mass is 10.0. The SMILES string of the molecule is CN(C(=O)OC(C)(C)C)[C@@H]1CCCN(c2ccnc3ccnn23)C1. The Hall–Kier alpha value is -2.31. The highest BCUT2D eigenvalue weighted by atomic mass is 16.6. The van der Waals surface area contributed by atoms with E-state index >= 15 is 0 Å². The van der Waals surface area contributed by atoms with Crippen molar-refractivity contribution in [3.63, 3.8) is 0 Å². The second kappa shape index (κ2) is 6.30. The number of piperidine rings is 1. The third-order valence-corrected chi connectivity index (χ3v) is 4.22. The third-order valence-electron chi connectivity index (χ3n) is 4.22. The minimum Gasteiger partial charge on any atom is -0.444 e. The van der Waals surface area contributed by atoms with Gasteiger partial charge in [-0.1, -0.05) is 0 Å². The van der Waals surface area contributed by atoms with Gasteiger partial charge in [0.15, 0.2) is 5.65 Å². The van der Waals surface area contributed by atoms with E-state index in [1.165, 1.54) is 0 Å². The Morgan fingerprint density at radius 3 is 2.88 bits per heavy atom. The number of likely N-dealkylation sites (N-methyl/N-ethyl adjacent to an activating group) is 1. The summed E-state index contributed by atoms with van der Waals surface area (Å²) in [5, 5.41) is 4.35. The van der Waals surface area contributed by atoms with E-state index in [2.05, 4.69) is 15.0 Å². The van der Waals surface area contributed by atoms with Crippen molar-refractivity contribution in [2.45, 2.75) is 45.3 Å². The minimum absolute atomic E-state index is 0.118.